The highest BCUT2D eigenvalue weighted by Crippen LogP contribution is 2.59. The Morgan fingerprint density at radius 2 is 1.89 bits per heavy atom. The molecule has 2 saturated carbocycles. The summed E-state index contributed by atoms with van der Waals surface area (Å²) in [7, 11) is 1.47. The molecular weight excluding hydrogens is 240 g/mol. The van der Waals surface area contributed by atoms with Crippen LogP contribution in [0.1, 0.15) is 31.2 Å². The van der Waals surface area contributed by atoms with Crippen LogP contribution in [-0.2, 0) is 20.9 Å². The first kappa shape index (κ1) is 12.7. The van der Waals surface area contributed by atoms with E-state index >= 15 is 0 Å². The zero-order valence-corrected chi connectivity index (χ0v) is 11.3. The van der Waals surface area contributed by atoms with Gasteiger partial charge in [0.1, 0.15) is 0 Å². The largest absolute Gasteiger partial charge is 0.469 e. The number of hydrogen-bond acceptors (Lipinski definition) is 3. The number of carbonyl (C=O) groups excluding carboxylic acids is 1. The first-order valence-electron chi connectivity index (χ1n) is 6.94. The Kier molecular flexibility index (Phi) is 3.31. The second kappa shape index (κ2) is 4.97. The molecule has 0 saturated heterocycles. The molecular formula is C16H20O3. The molecule has 3 heteroatoms. The lowest BCUT2D eigenvalue weighted by Gasteiger charge is -2.56. The number of benzene rings is 1. The Morgan fingerprint density at radius 1 is 1.21 bits per heavy atom. The first-order valence-corrected chi connectivity index (χ1v) is 6.94. The van der Waals surface area contributed by atoms with E-state index in [4.69, 9.17) is 9.47 Å². The van der Waals surface area contributed by atoms with Crippen LogP contribution in [0.25, 0.3) is 0 Å². The summed E-state index contributed by atoms with van der Waals surface area (Å²) in [6.07, 6.45) is 4.56. The number of rotatable bonds is 4. The van der Waals surface area contributed by atoms with Crippen LogP contribution in [0.4, 0.5) is 0 Å². The van der Waals surface area contributed by atoms with Crippen LogP contribution in [0.3, 0.4) is 0 Å². The quantitative estimate of drug-likeness (QED) is 0.781. The van der Waals surface area contributed by atoms with Crippen molar-refractivity contribution in [2.45, 2.75) is 38.4 Å². The third-order valence-electron chi connectivity index (χ3n) is 4.54. The highest BCUT2D eigenvalue weighted by Gasteiger charge is 2.55. The van der Waals surface area contributed by atoms with Crippen LogP contribution in [0.15, 0.2) is 30.3 Å². The maximum atomic E-state index is 11.4. The second-order valence-corrected chi connectivity index (χ2v) is 5.96. The Morgan fingerprint density at radius 3 is 2.53 bits per heavy atom. The summed E-state index contributed by atoms with van der Waals surface area (Å²) in [5, 5.41) is 0. The molecule has 0 N–H and O–H groups in total. The van der Waals surface area contributed by atoms with E-state index in [0.717, 1.165) is 25.7 Å². The molecule has 0 heterocycles. The van der Waals surface area contributed by atoms with Crippen molar-refractivity contribution in [3.8, 4) is 0 Å². The Labute approximate surface area is 113 Å². The maximum Gasteiger partial charge on any atom is 0.308 e. The van der Waals surface area contributed by atoms with E-state index in [9.17, 15) is 4.79 Å². The monoisotopic (exact) mass is 260 g/mol. The van der Waals surface area contributed by atoms with Crippen molar-refractivity contribution in [3.05, 3.63) is 35.9 Å². The van der Waals surface area contributed by atoms with E-state index < -0.39 is 0 Å². The minimum Gasteiger partial charge on any atom is -0.469 e. The molecule has 0 unspecified atom stereocenters. The molecule has 102 valence electrons. The molecule has 2 fully saturated rings. The number of methoxy groups -OCH3 is 1. The van der Waals surface area contributed by atoms with Gasteiger partial charge in [-0.15, -0.1) is 0 Å². The van der Waals surface area contributed by atoms with Crippen LogP contribution < -0.4 is 0 Å². The van der Waals surface area contributed by atoms with Gasteiger partial charge in [-0.1, -0.05) is 30.3 Å². The molecule has 19 heavy (non-hydrogen) atoms. The summed E-state index contributed by atoms with van der Waals surface area (Å²) in [6.45, 7) is 0.696. The fourth-order valence-electron chi connectivity index (χ4n) is 3.46. The summed E-state index contributed by atoms with van der Waals surface area (Å²) in [5.74, 6) is 0.0966. The van der Waals surface area contributed by atoms with Gasteiger partial charge in [-0.25, -0.2) is 0 Å². The van der Waals surface area contributed by atoms with Crippen molar-refractivity contribution in [1.82, 2.24) is 0 Å². The maximum absolute atomic E-state index is 11.4. The van der Waals surface area contributed by atoms with Crippen molar-refractivity contribution in [3.63, 3.8) is 0 Å². The summed E-state index contributed by atoms with van der Waals surface area (Å²) in [6, 6.07) is 10.3. The molecule has 1 aromatic carbocycles. The lowest BCUT2D eigenvalue weighted by molar-refractivity contribution is -0.174. The van der Waals surface area contributed by atoms with Crippen LogP contribution in [0.2, 0.25) is 0 Å². The normalized spacial score (nSPS) is 32.5. The minimum atomic E-state index is -0.0423. The molecule has 0 bridgehead atoms. The van der Waals surface area contributed by atoms with E-state index in [-0.39, 0.29) is 11.9 Å². The van der Waals surface area contributed by atoms with Gasteiger partial charge >= 0.3 is 5.97 Å². The third kappa shape index (κ3) is 2.52. The zero-order chi connectivity index (χ0) is 13.3. The van der Waals surface area contributed by atoms with Crippen LogP contribution >= 0.6 is 0 Å². The zero-order valence-electron chi connectivity index (χ0n) is 11.3. The molecule has 0 radical (unpaired) electrons. The second-order valence-electron chi connectivity index (χ2n) is 5.96. The minimum absolute atomic E-state index is 0.0423. The van der Waals surface area contributed by atoms with E-state index in [1.165, 1.54) is 12.7 Å². The summed E-state index contributed by atoms with van der Waals surface area (Å²) in [5.41, 5.74) is 1.62. The fourth-order valence-corrected chi connectivity index (χ4v) is 3.46. The molecule has 1 spiro atoms. The number of ether oxygens (including phenoxy) is 2. The van der Waals surface area contributed by atoms with Gasteiger partial charge in [0.15, 0.2) is 0 Å². The van der Waals surface area contributed by atoms with Crippen LogP contribution in [0.5, 0.6) is 0 Å². The highest BCUT2D eigenvalue weighted by molar-refractivity contribution is 5.73. The van der Waals surface area contributed by atoms with Gasteiger partial charge in [0.05, 0.1) is 25.7 Å². The van der Waals surface area contributed by atoms with Gasteiger partial charge in [0.25, 0.3) is 0 Å². The predicted octanol–water partition coefficient (Wildman–Crippen LogP) is 2.94. The fraction of sp³-hybridized carbons (Fsp3) is 0.562. The van der Waals surface area contributed by atoms with E-state index in [0.29, 0.717) is 18.1 Å². The molecule has 0 atom stereocenters. The van der Waals surface area contributed by atoms with E-state index in [1.54, 1.807) is 0 Å². The first-order chi connectivity index (χ1) is 9.21. The lowest BCUT2D eigenvalue weighted by Crippen LogP contribution is -2.52. The van der Waals surface area contributed by atoms with Crippen LogP contribution in [-0.4, -0.2) is 19.2 Å². The molecule has 3 nitrogen and oxygen atoms in total. The van der Waals surface area contributed by atoms with Gasteiger partial charge < -0.3 is 9.47 Å². The topological polar surface area (TPSA) is 35.5 Å². The molecule has 2 aliphatic carbocycles. The van der Waals surface area contributed by atoms with E-state index in [1.807, 2.05) is 18.2 Å². The highest BCUT2D eigenvalue weighted by atomic mass is 16.5. The van der Waals surface area contributed by atoms with Crippen molar-refractivity contribution in [2.75, 3.05) is 7.11 Å². The average Bonchev–Trinajstić information content (AvgIpc) is 2.35. The van der Waals surface area contributed by atoms with Crippen molar-refractivity contribution in [1.29, 1.82) is 0 Å². The number of esters is 1. The smallest absolute Gasteiger partial charge is 0.308 e. The van der Waals surface area contributed by atoms with Crippen LogP contribution in [0, 0.1) is 11.3 Å². The Balaban J connectivity index is 1.39. The Bertz CT molecular complexity index is 440. The van der Waals surface area contributed by atoms with Crippen molar-refractivity contribution >= 4 is 5.97 Å². The van der Waals surface area contributed by atoms with Gasteiger partial charge in [0.2, 0.25) is 0 Å². The van der Waals surface area contributed by atoms with Gasteiger partial charge in [-0.3, -0.25) is 4.79 Å². The summed E-state index contributed by atoms with van der Waals surface area (Å²) >= 11 is 0. The van der Waals surface area contributed by atoms with E-state index in [2.05, 4.69) is 12.1 Å². The Hall–Kier alpha value is -1.35. The summed E-state index contributed by atoms with van der Waals surface area (Å²) in [4.78, 5) is 11.4. The van der Waals surface area contributed by atoms with Gasteiger partial charge in [-0.05, 0) is 36.7 Å². The SMILES string of the molecule is COC(=O)C1CC2(CC(OCc3ccccc3)C2)C1. The number of hydrogen-bond donors (Lipinski definition) is 0. The lowest BCUT2D eigenvalue weighted by atomic mass is 9.50. The molecule has 1 aromatic rings. The third-order valence-corrected chi connectivity index (χ3v) is 4.54. The summed E-state index contributed by atoms with van der Waals surface area (Å²) < 4.78 is 10.7. The number of carbonyl (C=O) groups is 1. The molecule has 3 rings (SSSR count). The average molecular weight is 260 g/mol. The van der Waals surface area contributed by atoms with Gasteiger partial charge in [-0.2, -0.15) is 0 Å². The van der Waals surface area contributed by atoms with Crippen molar-refractivity contribution in [2.24, 2.45) is 11.3 Å². The molecule has 0 aliphatic heterocycles. The standard InChI is InChI=1S/C16H20O3/c1-18-15(17)13-7-16(8-13)9-14(10-16)19-11-12-5-3-2-4-6-12/h2-6,13-14H,7-11H2,1H3. The molecule has 2 aliphatic rings. The molecule has 0 amide bonds. The molecule has 0 aromatic heterocycles. The predicted molar refractivity (Wildman–Crippen MR) is 71.4 cm³/mol. The van der Waals surface area contributed by atoms with Crippen molar-refractivity contribution < 1.29 is 14.3 Å². The van der Waals surface area contributed by atoms with Gasteiger partial charge in [0, 0.05) is 0 Å².